The number of hydrogen-bond acceptors (Lipinski definition) is 4. The van der Waals surface area contributed by atoms with Gasteiger partial charge in [0.05, 0.1) is 13.5 Å². The first-order valence-corrected chi connectivity index (χ1v) is 4.70. The van der Waals surface area contributed by atoms with Crippen LogP contribution in [0.25, 0.3) is 0 Å². The molecule has 3 N–H and O–H groups in total. The molecule has 2 rings (SSSR count). The number of rotatable bonds is 2. The third-order valence-electron chi connectivity index (χ3n) is 2.37. The van der Waals surface area contributed by atoms with Gasteiger partial charge in [0.1, 0.15) is 11.9 Å². The van der Waals surface area contributed by atoms with E-state index in [1.807, 2.05) is 18.1 Å². The van der Waals surface area contributed by atoms with Crippen molar-refractivity contribution in [2.45, 2.75) is 6.42 Å². The molecule has 1 radical (unpaired) electrons. The SMILES string of the molecule is CN1C=C[N+]=C1Cc1cc(N)ccc1O. The zero-order chi connectivity index (χ0) is 10.8. The molecule has 15 heavy (non-hydrogen) atoms. The number of benzene rings is 1. The number of phenols is 1. The zero-order valence-electron chi connectivity index (χ0n) is 8.51. The summed E-state index contributed by atoms with van der Waals surface area (Å²) < 4.78 is 0. The number of likely N-dealkylation sites (N-methyl/N-ethyl adjacent to an activating group) is 1. The van der Waals surface area contributed by atoms with Crippen molar-refractivity contribution in [2.24, 2.45) is 0 Å². The minimum atomic E-state index is 0.257. The van der Waals surface area contributed by atoms with Gasteiger partial charge in [-0.05, 0) is 18.2 Å². The average Bonchev–Trinajstić information content (AvgIpc) is 2.58. The van der Waals surface area contributed by atoms with Crippen molar-refractivity contribution in [1.29, 1.82) is 0 Å². The molecule has 0 amide bonds. The molecule has 77 valence electrons. The normalized spacial score (nSPS) is 14.5. The van der Waals surface area contributed by atoms with Gasteiger partial charge < -0.3 is 10.8 Å². The molecule has 1 heterocycles. The van der Waals surface area contributed by atoms with Crippen LogP contribution in [0.3, 0.4) is 0 Å². The maximum atomic E-state index is 9.63. The molecular weight excluding hydrogens is 190 g/mol. The molecule has 0 fully saturated rings. The lowest BCUT2D eigenvalue weighted by atomic mass is 10.1. The Morgan fingerprint density at radius 3 is 2.93 bits per heavy atom. The summed E-state index contributed by atoms with van der Waals surface area (Å²) in [5, 5.41) is 9.63. The summed E-state index contributed by atoms with van der Waals surface area (Å²) in [6.45, 7) is 0. The van der Waals surface area contributed by atoms with Crippen molar-refractivity contribution in [3.8, 4) is 5.75 Å². The Kier molecular flexibility index (Phi) is 2.33. The van der Waals surface area contributed by atoms with Crippen LogP contribution in [0.5, 0.6) is 5.75 Å². The van der Waals surface area contributed by atoms with Crippen molar-refractivity contribution < 1.29 is 5.11 Å². The van der Waals surface area contributed by atoms with Crippen molar-refractivity contribution >= 4 is 11.5 Å². The minimum absolute atomic E-state index is 0.257. The second-order valence-electron chi connectivity index (χ2n) is 3.52. The Balaban J connectivity index is 2.21. The van der Waals surface area contributed by atoms with Crippen molar-refractivity contribution in [3.05, 3.63) is 36.2 Å². The number of nitrogens with two attached hydrogens (primary N) is 1. The molecule has 0 saturated heterocycles. The lowest BCUT2D eigenvalue weighted by Crippen LogP contribution is -2.22. The lowest BCUT2D eigenvalue weighted by molar-refractivity contribution is 0.469. The molecule has 4 heteroatoms. The highest BCUT2D eigenvalue weighted by atomic mass is 16.3. The van der Waals surface area contributed by atoms with Crippen LogP contribution in [0, 0.1) is 0 Å². The number of phenolic OH excluding ortho intramolecular Hbond substituents is 1. The maximum absolute atomic E-state index is 9.63. The van der Waals surface area contributed by atoms with E-state index in [1.165, 1.54) is 0 Å². The monoisotopic (exact) mass is 203 g/mol. The summed E-state index contributed by atoms with van der Waals surface area (Å²) in [5.74, 6) is 1.16. The maximum Gasteiger partial charge on any atom is 0.302 e. The first-order valence-electron chi connectivity index (χ1n) is 4.70. The van der Waals surface area contributed by atoms with Gasteiger partial charge in [0.2, 0.25) is 0 Å². The summed E-state index contributed by atoms with van der Waals surface area (Å²) in [7, 11) is 1.92. The van der Waals surface area contributed by atoms with Crippen molar-refractivity contribution in [1.82, 2.24) is 9.89 Å². The Morgan fingerprint density at radius 1 is 1.47 bits per heavy atom. The van der Waals surface area contributed by atoms with E-state index in [2.05, 4.69) is 4.99 Å². The van der Waals surface area contributed by atoms with Crippen LogP contribution >= 0.6 is 0 Å². The number of hydrogen-bond donors (Lipinski definition) is 2. The average molecular weight is 203 g/mol. The van der Waals surface area contributed by atoms with Crippen LogP contribution < -0.4 is 10.7 Å². The molecule has 0 aliphatic carbocycles. The highest BCUT2D eigenvalue weighted by Crippen LogP contribution is 2.21. The Bertz CT molecular complexity index is 437. The fraction of sp³-hybridized carbons (Fsp3) is 0.182. The summed E-state index contributed by atoms with van der Waals surface area (Å²) in [6, 6.07) is 5.05. The smallest absolute Gasteiger partial charge is 0.302 e. The summed E-state index contributed by atoms with van der Waals surface area (Å²) in [4.78, 5) is 6.11. The van der Waals surface area contributed by atoms with Gasteiger partial charge in [-0.1, -0.05) is 4.99 Å². The molecule has 0 spiro atoms. The van der Waals surface area contributed by atoms with Crippen LogP contribution in [0.2, 0.25) is 0 Å². The van der Waals surface area contributed by atoms with E-state index in [1.54, 1.807) is 24.4 Å². The first-order chi connectivity index (χ1) is 7.16. The van der Waals surface area contributed by atoms with Gasteiger partial charge in [0, 0.05) is 11.3 Å². The van der Waals surface area contributed by atoms with Crippen LogP contribution in [-0.2, 0) is 6.42 Å². The molecular formula is C11H13N3O+. The van der Waals surface area contributed by atoms with Gasteiger partial charge in [0.15, 0.2) is 6.20 Å². The molecule has 0 aromatic heterocycles. The standard InChI is InChI=1S/C11H13N3O/c1-14-5-4-13-11(14)7-8-6-9(12)2-3-10(8)15/h2-6,15H,7,12H2,1H3/q+1. The van der Waals surface area contributed by atoms with Crippen LogP contribution in [0.4, 0.5) is 5.69 Å². The number of aliphatic imine (C=N–C) groups is 1. The molecule has 0 unspecified atom stereocenters. The molecule has 1 aliphatic rings. The molecule has 0 bridgehead atoms. The van der Waals surface area contributed by atoms with E-state index in [-0.39, 0.29) is 5.75 Å². The third-order valence-corrected chi connectivity index (χ3v) is 2.37. The number of nitrogen functional groups attached to an aromatic ring is 1. The topological polar surface area (TPSA) is 63.6 Å². The van der Waals surface area contributed by atoms with E-state index in [0.29, 0.717) is 12.1 Å². The quantitative estimate of drug-likeness (QED) is 0.548. The molecule has 0 atom stereocenters. The Morgan fingerprint density at radius 2 is 2.27 bits per heavy atom. The highest BCUT2D eigenvalue weighted by molar-refractivity contribution is 5.86. The summed E-state index contributed by atoms with van der Waals surface area (Å²) >= 11 is 0. The van der Waals surface area contributed by atoms with Gasteiger partial charge in [-0.2, -0.15) is 0 Å². The van der Waals surface area contributed by atoms with Gasteiger partial charge >= 0.3 is 5.84 Å². The molecule has 1 aliphatic heterocycles. The van der Waals surface area contributed by atoms with E-state index >= 15 is 0 Å². The van der Waals surface area contributed by atoms with E-state index in [4.69, 9.17) is 5.73 Å². The fourth-order valence-electron chi connectivity index (χ4n) is 1.48. The van der Waals surface area contributed by atoms with Crippen LogP contribution in [0.1, 0.15) is 5.56 Å². The number of anilines is 1. The van der Waals surface area contributed by atoms with Crippen LogP contribution in [-0.4, -0.2) is 22.9 Å². The highest BCUT2D eigenvalue weighted by Gasteiger charge is 2.20. The predicted molar refractivity (Wildman–Crippen MR) is 60.3 cm³/mol. The van der Waals surface area contributed by atoms with Crippen LogP contribution in [0.15, 0.2) is 30.6 Å². The molecule has 1 aromatic rings. The molecule has 0 saturated carbocycles. The predicted octanol–water partition coefficient (Wildman–Crippen LogP) is 0.668. The van der Waals surface area contributed by atoms with E-state index in [0.717, 1.165) is 11.4 Å². The van der Waals surface area contributed by atoms with E-state index < -0.39 is 0 Å². The van der Waals surface area contributed by atoms with Crippen molar-refractivity contribution in [2.75, 3.05) is 12.8 Å². The number of aromatic hydroxyl groups is 1. The van der Waals surface area contributed by atoms with Gasteiger partial charge in [-0.25, -0.2) is 4.90 Å². The summed E-state index contributed by atoms with van der Waals surface area (Å²) in [5.41, 5.74) is 7.10. The molecule has 4 nitrogen and oxygen atoms in total. The lowest BCUT2D eigenvalue weighted by Gasteiger charge is -2.05. The zero-order valence-corrected chi connectivity index (χ0v) is 8.51. The summed E-state index contributed by atoms with van der Waals surface area (Å²) in [6.07, 6.45) is 4.19. The fourth-order valence-corrected chi connectivity index (χ4v) is 1.48. The second kappa shape index (κ2) is 3.65. The van der Waals surface area contributed by atoms with Gasteiger partial charge in [-0.3, -0.25) is 0 Å². The Hall–Kier alpha value is -1.97. The number of amidine groups is 1. The molecule has 1 aromatic carbocycles. The third kappa shape index (κ3) is 1.93. The van der Waals surface area contributed by atoms with Gasteiger partial charge in [-0.15, -0.1) is 0 Å². The van der Waals surface area contributed by atoms with Crippen molar-refractivity contribution in [3.63, 3.8) is 0 Å². The first kappa shape index (κ1) is 9.58. The Labute approximate surface area is 88.3 Å². The van der Waals surface area contributed by atoms with E-state index in [9.17, 15) is 5.11 Å². The number of nitrogens with zero attached hydrogens (tertiary/aromatic N) is 2. The second-order valence-corrected chi connectivity index (χ2v) is 3.52. The largest absolute Gasteiger partial charge is 0.508 e. The minimum Gasteiger partial charge on any atom is -0.508 e. The van der Waals surface area contributed by atoms with Gasteiger partial charge in [0.25, 0.3) is 0 Å².